The molecule has 1 N–H and O–H groups in total. The average Bonchev–Trinajstić information content (AvgIpc) is 3.12. The normalized spacial score (nSPS) is 16.1. The molecule has 2 aliphatic rings. The quantitative estimate of drug-likeness (QED) is 0.473. The van der Waals surface area contributed by atoms with Gasteiger partial charge >= 0.3 is 5.97 Å². The fourth-order valence-corrected chi connectivity index (χ4v) is 4.31. The Labute approximate surface area is 199 Å². The van der Waals surface area contributed by atoms with Crippen LogP contribution in [0.4, 0.5) is 5.69 Å². The highest BCUT2D eigenvalue weighted by molar-refractivity contribution is 6.35. The number of ketones is 1. The summed E-state index contributed by atoms with van der Waals surface area (Å²) in [6.45, 7) is 0.00151. The lowest BCUT2D eigenvalue weighted by Gasteiger charge is -2.25. The summed E-state index contributed by atoms with van der Waals surface area (Å²) in [6, 6.07) is 13.4. The lowest BCUT2D eigenvalue weighted by molar-refractivity contribution is 0.0696. The number of carbonyl (C=O) groups is 4. The number of fused-ring (bicyclic) bond motifs is 2. The molecule has 0 fully saturated rings. The van der Waals surface area contributed by atoms with E-state index in [1.54, 1.807) is 18.2 Å². The number of aromatic carboxylic acids is 1. The van der Waals surface area contributed by atoms with Gasteiger partial charge in [0.05, 0.1) is 33.9 Å². The molecule has 1 atom stereocenters. The van der Waals surface area contributed by atoms with Crippen LogP contribution in [0.5, 0.6) is 5.75 Å². The largest absolute Gasteiger partial charge is 0.492 e. The van der Waals surface area contributed by atoms with E-state index in [0.717, 1.165) is 4.90 Å². The van der Waals surface area contributed by atoms with Crippen molar-refractivity contribution in [1.29, 1.82) is 0 Å². The van der Waals surface area contributed by atoms with Crippen molar-refractivity contribution < 1.29 is 29.0 Å². The van der Waals surface area contributed by atoms with Crippen molar-refractivity contribution in [3.63, 3.8) is 0 Å². The molecule has 0 bridgehead atoms. The fourth-order valence-electron chi connectivity index (χ4n) is 4.31. The SMILES string of the molecule is C#Cc1ccc2c(c1)C(=O)C(c1ccc(N3C(=O)c4ccc(C#C)cc4C3=O)c(C(=O)O)c1)CO2. The second-order valence-corrected chi connectivity index (χ2v) is 8.02. The molecule has 3 aromatic rings. The van der Waals surface area contributed by atoms with Crippen LogP contribution < -0.4 is 9.64 Å². The van der Waals surface area contributed by atoms with E-state index in [1.807, 2.05) is 0 Å². The Morgan fingerprint density at radius 3 is 2.23 bits per heavy atom. The van der Waals surface area contributed by atoms with Gasteiger partial charge in [-0.1, -0.05) is 17.9 Å². The van der Waals surface area contributed by atoms with Crippen molar-refractivity contribution in [2.45, 2.75) is 5.92 Å². The van der Waals surface area contributed by atoms with Crippen molar-refractivity contribution in [2.24, 2.45) is 0 Å². The number of carboxylic acid groups (broad SMARTS) is 1. The maximum Gasteiger partial charge on any atom is 0.337 e. The van der Waals surface area contributed by atoms with Crippen molar-refractivity contribution in [3.8, 4) is 30.4 Å². The first kappa shape index (κ1) is 21.7. The zero-order chi connectivity index (χ0) is 24.9. The molecule has 7 heteroatoms. The Kier molecular flexibility index (Phi) is 4.97. The maximum atomic E-state index is 13.2. The molecule has 7 nitrogen and oxygen atoms in total. The zero-order valence-electron chi connectivity index (χ0n) is 18.1. The molecule has 168 valence electrons. The highest BCUT2D eigenvalue weighted by Gasteiger charge is 2.39. The summed E-state index contributed by atoms with van der Waals surface area (Å²) >= 11 is 0. The van der Waals surface area contributed by atoms with Gasteiger partial charge in [0, 0.05) is 11.1 Å². The molecule has 35 heavy (non-hydrogen) atoms. The van der Waals surface area contributed by atoms with Gasteiger partial charge in [-0.05, 0) is 54.1 Å². The van der Waals surface area contributed by atoms with Gasteiger partial charge in [-0.25, -0.2) is 9.69 Å². The third-order valence-corrected chi connectivity index (χ3v) is 6.08. The van der Waals surface area contributed by atoms with Gasteiger partial charge in [0.1, 0.15) is 12.4 Å². The molecule has 0 saturated heterocycles. The Hall–Kier alpha value is -5.14. The van der Waals surface area contributed by atoms with Crippen molar-refractivity contribution in [3.05, 3.63) is 93.5 Å². The summed E-state index contributed by atoms with van der Waals surface area (Å²) in [7, 11) is 0. The third kappa shape index (κ3) is 3.35. The number of ether oxygens (including phenoxy) is 1. The summed E-state index contributed by atoms with van der Waals surface area (Å²) in [6.07, 6.45) is 10.8. The lowest BCUT2D eigenvalue weighted by atomic mass is 9.87. The molecule has 0 radical (unpaired) electrons. The molecule has 2 aliphatic heterocycles. The number of nitrogens with zero attached hydrogens (tertiary/aromatic N) is 1. The highest BCUT2D eigenvalue weighted by Crippen LogP contribution is 2.37. The third-order valence-electron chi connectivity index (χ3n) is 6.08. The summed E-state index contributed by atoms with van der Waals surface area (Å²) in [4.78, 5) is 52.2. The molecule has 2 heterocycles. The molecule has 2 amide bonds. The molecule has 0 saturated carbocycles. The number of hydrogen-bond donors (Lipinski definition) is 1. The van der Waals surface area contributed by atoms with E-state index in [4.69, 9.17) is 17.6 Å². The molecule has 3 aromatic carbocycles. The highest BCUT2D eigenvalue weighted by atomic mass is 16.5. The van der Waals surface area contributed by atoms with Crippen molar-refractivity contribution >= 4 is 29.3 Å². The second kappa shape index (κ2) is 8.02. The molecular formula is C28H15NO6. The fraction of sp³-hybridized carbons (Fsp3) is 0.0714. The van der Waals surface area contributed by atoms with E-state index in [1.165, 1.54) is 36.4 Å². The van der Waals surface area contributed by atoms with Crippen LogP contribution in [-0.4, -0.2) is 35.3 Å². The Bertz CT molecular complexity index is 1570. The van der Waals surface area contributed by atoms with Crippen LogP contribution in [0.2, 0.25) is 0 Å². The van der Waals surface area contributed by atoms with Gasteiger partial charge in [-0.3, -0.25) is 14.4 Å². The van der Waals surface area contributed by atoms with Gasteiger partial charge in [0.2, 0.25) is 0 Å². The number of rotatable bonds is 3. The van der Waals surface area contributed by atoms with Crippen molar-refractivity contribution in [1.82, 2.24) is 0 Å². The summed E-state index contributed by atoms with van der Waals surface area (Å²) in [5, 5.41) is 9.90. The van der Waals surface area contributed by atoms with Gasteiger partial charge in [0.25, 0.3) is 11.8 Å². The Balaban J connectivity index is 1.55. The Morgan fingerprint density at radius 1 is 0.886 bits per heavy atom. The molecule has 5 rings (SSSR count). The topological polar surface area (TPSA) is 101 Å². The number of imide groups is 1. The van der Waals surface area contributed by atoms with E-state index >= 15 is 0 Å². The first-order valence-electron chi connectivity index (χ1n) is 10.5. The smallest absolute Gasteiger partial charge is 0.337 e. The predicted octanol–water partition coefficient (Wildman–Crippen LogP) is 3.51. The van der Waals surface area contributed by atoms with E-state index in [2.05, 4.69) is 11.8 Å². The van der Waals surface area contributed by atoms with Gasteiger partial charge in [0.15, 0.2) is 5.78 Å². The van der Waals surface area contributed by atoms with Crippen LogP contribution >= 0.6 is 0 Å². The van der Waals surface area contributed by atoms with E-state index < -0.39 is 23.7 Å². The second-order valence-electron chi connectivity index (χ2n) is 8.02. The monoisotopic (exact) mass is 461 g/mol. The first-order chi connectivity index (χ1) is 16.8. The van der Waals surface area contributed by atoms with Crippen LogP contribution in [0.25, 0.3) is 0 Å². The lowest BCUT2D eigenvalue weighted by Crippen LogP contribution is -2.31. The van der Waals surface area contributed by atoms with Crippen LogP contribution in [0.15, 0.2) is 54.6 Å². The molecule has 0 spiro atoms. The molecule has 0 aromatic heterocycles. The van der Waals surface area contributed by atoms with Crippen LogP contribution in [0.3, 0.4) is 0 Å². The minimum atomic E-state index is -1.36. The predicted molar refractivity (Wildman–Crippen MR) is 126 cm³/mol. The van der Waals surface area contributed by atoms with E-state index in [0.29, 0.717) is 28.0 Å². The summed E-state index contributed by atoms with van der Waals surface area (Å²) < 4.78 is 5.72. The standard InChI is InChI=1S/C28H15NO6/c1-3-15-5-8-18-19(11-15)27(32)29(26(18)31)23-9-7-17(13-20(23)28(33)34)22-14-35-24-10-6-16(4-2)12-21(24)25(22)30/h1-2,5-13,22H,14H2,(H,33,34). The number of carbonyl (C=O) groups excluding carboxylic acids is 3. The number of terminal acetylenes is 2. The Morgan fingerprint density at radius 2 is 1.54 bits per heavy atom. The van der Waals surface area contributed by atoms with Gasteiger partial charge in [-0.15, -0.1) is 12.8 Å². The number of Topliss-reactive ketones (excluding diaryl/α,β-unsaturated/α-hetero) is 1. The molecular weight excluding hydrogens is 446 g/mol. The minimum Gasteiger partial charge on any atom is -0.492 e. The summed E-state index contributed by atoms with van der Waals surface area (Å²) in [5.74, 6) is 1.53. The van der Waals surface area contributed by atoms with E-state index in [-0.39, 0.29) is 34.8 Å². The minimum absolute atomic E-state index is 0.00151. The summed E-state index contributed by atoms with van der Waals surface area (Å²) in [5.41, 5.74) is 1.44. The van der Waals surface area contributed by atoms with Crippen LogP contribution in [0, 0.1) is 24.7 Å². The van der Waals surface area contributed by atoms with E-state index in [9.17, 15) is 24.3 Å². The number of carboxylic acids is 1. The molecule has 0 aliphatic carbocycles. The number of hydrogen-bond acceptors (Lipinski definition) is 5. The number of anilines is 1. The van der Waals surface area contributed by atoms with Gasteiger partial charge in [-0.2, -0.15) is 0 Å². The number of amides is 2. The van der Waals surface area contributed by atoms with Crippen LogP contribution in [-0.2, 0) is 0 Å². The zero-order valence-corrected chi connectivity index (χ0v) is 18.1. The molecule has 1 unspecified atom stereocenters. The maximum absolute atomic E-state index is 13.2. The van der Waals surface area contributed by atoms with Crippen molar-refractivity contribution in [2.75, 3.05) is 11.5 Å². The number of benzene rings is 3. The van der Waals surface area contributed by atoms with Crippen LogP contribution in [0.1, 0.15) is 64.0 Å². The first-order valence-corrected chi connectivity index (χ1v) is 10.5. The average molecular weight is 461 g/mol. The van der Waals surface area contributed by atoms with Gasteiger partial charge < -0.3 is 9.84 Å².